The summed E-state index contributed by atoms with van der Waals surface area (Å²) in [6, 6.07) is 4.76. The second-order valence-corrected chi connectivity index (χ2v) is 6.18. The molecule has 0 aromatic heterocycles. The van der Waals surface area contributed by atoms with Gasteiger partial charge in [-0.3, -0.25) is 0 Å². The van der Waals surface area contributed by atoms with E-state index in [1.54, 1.807) is 12.1 Å². The normalized spacial score (nSPS) is 26.2. The molecule has 0 radical (unpaired) electrons. The number of halogens is 1. The largest absolute Gasteiger partial charge is 0.478 e. The molecule has 5 heteroatoms. The van der Waals surface area contributed by atoms with Gasteiger partial charge in [-0.15, -0.1) is 0 Å². The van der Waals surface area contributed by atoms with Crippen LogP contribution in [-0.2, 0) is 0 Å². The van der Waals surface area contributed by atoms with Gasteiger partial charge in [0.25, 0.3) is 0 Å². The van der Waals surface area contributed by atoms with Crippen molar-refractivity contribution in [2.24, 2.45) is 5.92 Å². The first-order valence-electron chi connectivity index (χ1n) is 6.88. The summed E-state index contributed by atoms with van der Waals surface area (Å²) in [4.78, 5) is 11.3. The molecule has 1 aromatic rings. The van der Waals surface area contributed by atoms with Crippen LogP contribution >= 0.6 is 11.6 Å². The van der Waals surface area contributed by atoms with E-state index in [-0.39, 0.29) is 12.2 Å². The molecule has 3 N–H and O–H groups in total. The van der Waals surface area contributed by atoms with Crippen molar-refractivity contribution in [3.63, 3.8) is 0 Å². The number of carbonyl (C=O) groups is 1. The summed E-state index contributed by atoms with van der Waals surface area (Å²) in [5.41, 5.74) is 0.235. The number of rotatable bonds is 4. The Kier molecular flexibility index (Phi) is 4.55. The highest BCUT2D eigenvalue weighted by molar-refractivity contribution is 6.31. The second kappa shape index (κ2) is 6.02. The summed E-state index contributed by atoms with van der Waals surface area (Å²) in [6.45, 7) is 2.20. The van der Waals surface area contributed by atoms with Crippen molar-refractivity contribution in [3.05, 3.63) is 28.8 Å². The van der Waals surface area contributed by atoms with Gasteiger partial charge in [-0.05, 0) is 49.8 Å². The fraction of sp³-hybridized carbons (Fsp3) is 0.533. The van der Waals surface area contributed by atoms with Crippen LogP contribution in [0.3, 0.4) is 0 Å². The molecule has 20 heavy (non-hydrogen) atoms. The summed E-state index contributed by atoms with van der Waals surface area (Å²) in [6.07, 6.45) is 3.74. The van der Waals surface area contributed by atoms with Crippen molar-refractivity contribution in [1.29, 1.82) is 0 Å². The van der Waals surface area contributed by atoms with E-state index < -0.39 is 11.5 Å². The first-order valence-corrected chi connectivity index (χ1v) is 7.25. The van der Waals surface area contributed by atoms with E-state index in [0.29, 0.717) is 16.6 Å². The number of hydrogen-bond donors (Lipinski definition) is 3. The molecule has 1 fully saturated rings. The minimum Gasteiger partial charge on any atom is -0.478 e. The number of aliphatic hydroxyl groups excluding tert-OH is 1. The molecule has 4 nitrogen and oxygen atoms in total. The van der Waals surface area contributed by atoms with Crippen LogP contribution in [0, 0.1) is 5.92 Å². The van der Waals surface area contributed by atoms with Gasteiger partial charge in [0.15, 0.2) is 0 Å². The van der Waals surface area contributed by atoms with Gasteiger partial charge in [0.2, 0.25) is 0 Å². The topological polar surface area (TPSA) is 69.6 Å². The number of nitrogens with one attached hydrogen (secondary N) is 1. The predicted molar refractivity (Wildman–Crippen MR) is 79.5 cm³/mol. The number of carboxylic acid groups (broad SMARTS) is 1. The fourth-order valence-electron chi connectivity index (χ4n) is 2.73. The molecule has 1 aliphatic rings. The molecule has 0 heterocycles. The van der Waals surface area contributed by atoms with Gasteiger partial charge in [0.05, 0.1) is 17.7 Å². The number of aromatic carboxylic acids is 1. The lowest BCUT2D eigenvalue weighted by Crippen LogP contribution is -2.45. The zero-order chi connectivity index (χ0) is 14.8. The van der Waals surface area contributed by atoms with E-state index in [0.717, 1.165) is 25.7 Å². The zero-order valence-electron chi connectivity index (χ0n) is 11.5. The quantitative estimate of drug-likeness (QED) is 0.797. The van der Waals surface area contributed by atoms with Gasteiger partial charge in [-0.1, -0.05) is 18.5 Å². The van der Waals surface area contributed by atoms with Crippen LogP contribution in [0.5, 0.6) is 0 Å². The summed E-state index contributed by atoms with van der Waals surface area (Å²) < 4.78 is 0. The highest BCUT2D eigenvalue weighted by Gasteiger charge is 2.34. The molecule has 0 bridgehead atoms. The van der Waals surface area contributed by atoms with Gasteiger partial charge < -0.3 is 15.5 Å². The van der Waals surface area contributed by atoms with E-state index in [1.165, 1.54) is 6.07 Å². The average Bonchev–Trinajstić information content (AvgIpc) is 2.43. The molecular formula is C15H20ClNO3. The van der Waals surface area contributed by atoms with Crippen molar-refractivity contribution in [3.8, 4) is 0 Å². The Balaban J connectivity index is 2.26. The smallest absolute Gasteiger partial charge is 0.337 e. The third-order valence-electron chi connectivity index (χ3n) is 4.15. The van der Waals surface area contributed by atoms with Crippen molar-refractivity contribution in [1.82, 2.24) is 0 Å². The van der Waals surface area contributed by atoms with Gasteiger partial charge in [-0.25, -0.2) is 4.79 Å². The molecule has 0 spiro atoms. The lowest BCUT2D eigenvalue weighted by atomic mass is 9.77. The summed E-state index contributed by atoms with van der Waals surface area (Å²) in [5, 5.41) is 22.6. The first-order chi connectivity index (χ1) is 9.46. The molecule has 0 amide bonds. The summed E-state index contributed by atoms with van der Waals surface area (Å²) >= 11 is 5.85. The standard InChI is InChI=1S/C15H20ClNO3/c1-10-4-6-15(9-18,7-5-10)17-13-3-2-11(16)8-12(13)14(19)20/h2-3,8,10,17-18H,4-7,9H2,1H3,(H,19,20). The monoisotopic (exact) mass is 297 g/mol. The van der Waals surface area contributed by atoms with E-state index in [4.69, 9.17) is 11.6 Å². The van der Waals surface area contributed by atoms with Crippen LogP contribution in [-0.4, -0.2) is 28.3 Å². The van der Waals surface area contributed by atoms with Crippen LogP contribution < -0.4 is 5.32 Å². The Morgan fingerprint density at radius 2 is 2.10 bits per heavy atom. The number of hydrogen-bond acceptors (Lipinski definition) is 3. The van der Waals surface area contributed by atoms with Crippen LogP contribution in [0.25, 0.3) is 0 Å². The number of anilines is 1. The number of benzene rings is 1. The molecular weight excluding hydrogens is 278 g/mol. The fourth-order valence-corrected chi connectivity index (χ4v) is 2.90. The van der Waals surface area contributed by atoms with Crippen molar-refractivity contribution < 1.29 is 15.0 Å². The minimum absolute atomic E-state index is 0.00139. The van der Waals surface area contributed by atoms with Crippen molar-refractivity contribution in [2.75, 3.05) is 11.9 Å². The zero-order valence-corrected chi connectivity index (χ0v) is 12.3. The Morgan fingerprint density at radius 3 is 2.65 bits per heavy atom. The molecule has 1 saturated carbocycles. The average molecular weight is 298 g/mol. The third kappa shape index (κ3) is 3.25. The summed E-state index contributed by atoms with van der Waals surface area (Å²) in [5.74, 6) is -0.368. The number of carboxylic acids is 1. The first kappa shape index (κ1) is 15.1. The molecule has 1 aromatic carbocycles. The maximum Gasteiger partial charge on any atom is 0.337 e. The Hall–Kier alpha value is -1.26. The van der Waals surface area contributed by atoms with Gasteiger partial charge >= 0.3 is 5.97 Å². The Morgan fingerprint density at radius 1 is 1.45 bits per heavy atom. The predicted octanol–water partition coefficient (Wildman–Crippen LogP) is 3.39. The minimum atomic E-state index is -1.02. The van der Waals surface area contributed by atoms with E-state index in [2.05, 4.69) is 12.2 Å². The molecule has 110 valence electrons. The van der Waals surface area contributed by atoms with E-state index >= 15 is 0 Å². The molecule has 0 aliphatic heterocycles. The van der Waals surface area contributed by atoms with Crippen LogP contribution in [0.15, 0.2) is 18.2 Å². The van der Waals surface area contributed by atoms with E-state index in [9.17, 15) is 15.0 Å². The lowest BCUT2D eigenvalue weighted by molar-refractivity contribution is 0.0697. The van der Waals surface area contributed by atoms with Crippen molar-refractivity contribution >= 4 is 23.3 Å². The van der Waals surface area contributed by atoms with Crippen LogP contribution in [0.1, 0.15) is 43.0 Å². The van der Waals surface area contributed by atoms with Gasteiger partial charge in [0, 0.05) is 10.7 Å². The third-order valence-corrected chi connectivity index (χ3v) is 4.38. The number of aliphatic hydroxyl groups is 1. The van der Waals surface area contributed by atoms with Gasteiger partial charge in [-0.2, -0.15) is 0 Å². The van der Waals surface area contributed by atoms with Gasteiger partial charge in [0.1, 0.15) is 0 Å². The molecule has 0 saturated heterocycles. The maximum absolute atomic E-state index is 11.3. The molecule has 0 unspecified atom stereocenters. The van der Waals surface area contributed by atoms with Crippen LogP contribution in [0.4, 0.5) is 5.69 Å². The molecule has 1 aliphatic carbocycles. The summed E-state index contributed by atoms with van der Waals surface area (Å²) in [7, 11) is 0. The van der Waals surface area contributed by atoms with E-state index in [1.807, 2.05) is 0 Å². The maximum atomic E-state index is 11.3. The molecule has 0 atom stereocenters. The SMILES string of the molecule is CC1CCC(CO)(Nc2ccc(Cl)cc2C(=O)O)CC1. The molecule has 2 rings (SSSR count). The second-order valence-electron chi connectivity index (χ2n) is 5.74. The van der Waals surface area contributed by atoms with Crippen LogP contribution in [0.2, 0.25) is 5.02 Å². The Labute approximate surface area is 123 Å². The van der Waals surface area contributed by atoms with Crippen molar-refractivity contribution in [2.45, 2.75) is 38.1 Å². The lowest BCUT2D eigenvalue weighted by Gasteiger charge is -2.39. The highest BCUT2D eigenvalue weighted by Crippen LogP contribution is 2.35. The highest BCUT2D eigenvalue weighted by atomic mass is 35.5. The Bertz CT molecular complexity index is 496.